The Hall–Kier alpha value is -0.830. The fraction of sp³-hybridized carbons (Fsp3) is 0.833. The smallest absolute Gasteiger partial charge is 0.0650 e. The van der Waals surface area contributed by atoms with E-state index in [0.29, 0.717) is 18.4 Å². The molecule has 2 saturated carbocycles. The van der Waals surface area contributed by atoms with E-state index in [0.717, 1.165) is 12.1 Å². The van der Waals surface area contributed by atoms with E-state index in [2.05, 4.69) is 30.8 Å². The fourth-order valence-electron chi connectivity index (χ4n) is 4.46. The Morgan fingerprint density at radius 2 is 2.00 bits per heavy atom. The average molecular weight is 290 g/mol. The molecule has 0 aliphatic heterocycles. The first kappa shape index (κ1) is 15.1. The van der Waals surface area contributed by atoms with Crippen molar-refractivity contribution < 1.29 is 5.11 Å². The number of aliphatic hydroxyl groups excluding tert-OH is 1. The summed E-state index contributed by atoms with van der Waals surface area (Å²) in [6.07, 6.45) is 12.8. The van der Waals surface area contributed by atoms with Gasteiger partial charge in [-0.1, -0.05) is 39.5 Å². The van der Waals surface area contributed by atoms with Crippen molar-refractivity contribution in [1.29, 1.82) is 0 Å². The lowest BCUT2D eigenvalue weighted by Crippen LogP contribution is -2.31. The number of hydrogen-bond donors (Lipinski definition) is 1. The molecular weight excluding hydrogens is 260 g/mol. The highest BCUT2D eigenvalue weighted by atomic mass is 16.3. The van der Waals surface area contributed by atoms with Gasteiger partial charge in [0.2, 0.25) is 0 Å². The summed E-state index contributed by atoms with van der Waals surface area (Å²) in [5, 5.41) is 15.4. The number of aromatic nitrogens is 2. The van der Waals surface area contributed by atoms with Gasteiger partial charge in [-0.25, -0.2) is 0 Å². The van der Waals surface area contributed by atoms with Gasteiger partial charge in [-0.15, -0.1) is 0 Å². The van der Waals surface area contributed by atoms with Crippen LogP contribution < -0.4 is 0 Å². The third-order valence-corrected chi connectivity index (χ3v) is 5.84. The Morgan fingerprint density at radius 1 is 1.24 bits per heavy atom. The van der Waals surface area contributed by atoms with Crippen LogP contribution in [0.3, 0.4) is 0 Å². The lowest BCUT2D eigenvalue weighted by molar-refractivity contribution is 0.0534. The number of aliphatic hydroxyl groups is 1. The maximum atomic E-state index is 10.6. The summed E-state index contributed by atoms with van der Waals surface area (Å²) in [7, 11) is 0. The van der Waals surface area contributed by atoms with Crippen LogP contribution in [0.5, 0.6) is 0 Å². The Kier molecular flexibility index (Phi) is 4.39. The summed E-state index contributed by atoms with van der Waals surface area (Å²) in [6, 6.07) is 2.70. The summed E-state index contributed by atoms with van der Waals surface area (Å²) >= 11 is 0. The molecule has 3 rings (SSSR count). The number of nitrogens with zero attached hydrogens (tertiary/aromatic N) is 2. The Balaban J connectivity index is 1.61. The molecule has 2 aliphatic carbocycles. The van der Waals surface area contributed by atoms with Crippen LogP contribution in [0.1, 0.15) is 76.9 Å². The second kappa shape index (κ2) is 6.12. The number of hydrogen-bond acceptors (Lipinski definition) is 2. The molecule has 0 radical (unpaired) electrons. The molecular formula is C18H30N2O. The van der Waals surface area contributed by atoms with Crippen LogP contribution in [-0.4, -0.2) is 21.0 Å². The summed E-state index contributed by atoms with van der Waals surface area (Å²) in [4.78, 5) is 0. The molecule has 0 amide bonds. The van der Waals surface area contributed by atoms with Gasteiger partial charge < -0.3 is 5.11 Å². The molecule has 3 nitrogen and oxygen atoms in total. The summed E-state index contributed by atoms with van der Waals surface area (Å²) in [5.74, 6) is 0.428. The number of rotatable bonds is 4. The van der Waals surface area contributed by atoms with Gasteiger partial charge in [0.05, 0.1) is 17.8 Å². The van der Waals surface area contributed by atoms with E-state index in [4.69, 9.17) is 5.10 Å². The second-order valence-electron chi connectivity index (χ2n) is 7.84. The highest BCUT2D eigenvalue weighted by Gasteiger charge is 2.39. The zero-order valence-corrected chi connectivity index (χ0v) is 13.6. The van der Waals surface area contributed by atoms with E-state index in [1.54, 1.807) is 0 Å². The van der Waals surface area contributed by atoms with Crippen molar-refractivity contribution in [2.75, 3.05) is 0 Å². The van der Waals surface area contributed by atoms with Gasteiger partial charge >= 0.3 is 0 Å². The Morgan fingerprint density at radius 3 is 2.67 bits per heavy atom. The maximum Gasteiger partial charge on any atom is 0.0650 e. The molecule has 3 heteroatoms. The van der Waals surface area contributed by atoms with E-state index >= 15 is 0 Å². The SMILES string of the molecule is CC1(C)CCCC1C(O)Cc1ccn(C2CCCCC2)n1. The van der Waals surface area contributed by atoms with E-state index < -0.39 is 0 Å². The average Bonchev–Trinajstić information content (AvgIpc) is 3.06. The third-order valence-electron chi connectivity index (χ3n) is 5.84. The Labute approximate surface area is 128 Å². The van der Waals surface area contributed by atoms with E-state index in [1.165, 1.54) is 44.9 Å². The van der Waals surface area contributed by atoms with Crippen LogP contribution in [-0.2, 0) is 6.42 Å². The van der Waals surface area contributed by atoms with Crippen molar-refractivity contribution in [3.05, 3.63) is 18.0 Å². The minimum Gasteiger partial charge on any atom is -0.392 e. The van der Waals surface area contributed by atoms with Crippen molar-refractivity contribution in [3.8, 4) is 0 Å². The van der Waals surface area contributed by atoms with Crippen molar-refractivity contribution in [2.24, 2.45) is 11.3 Å². The molecule has 118 valence electrons. The van der Waals surface area contributed by atoms with Gasteiger partial charge in [0.1, 0.15) is 0 Å². The quantitative estimate of drug-likeness (QED) is 0.906. The minimum absolute atomic E-state index is 0.239. The molecule has 2 fully saturated rings. The molecule has 1 aromatic heterocycles. The molecule has 1 heterocycles. The first-order chi connectivity index (χ1) is 10.1. The Bertz CT molecular complexity index is 460. The van der Waals surface area contributed by atoms with Crippen molar-refractivity contribution in [3.63, 3.8) is 0 Å². The van der Waals surface area contributed by atoms with Crippen LogP contribution in [0.25, 0.3) is 0 Å². The predicted octanol–water partition coefficient (Wildman–Crippen LogP) is 4.12. The first-order valence-electron chi connectivity index (χ1n) is 8.78. The van der Waals surface area contributed by atoms with Crippen molar-refractivity contribution in [2.45, 2.75) is 83.8 Å². The third kappa shape index (κ3) is 3.33. The summed E-state index contributed by atoms with van der Waals surface area (Å²) in [5.41, 5.74) is 1.35. The zero-order valence-electron chi connectivity index (χ0n) is 13.6. The molecule has 0 aromatic carbocycles. The molecule has 0 bridgehead atoms. The molecule has 21 heavy (non-hydrogen) atoms. The van der Waals surface area contributed by atoms with Gasteiger partial charge in [-0.05, 0) is 43.1 Å². The van der Waals surface area contributed by atoms with Gasteiger partial charge in [-0.2, -0.15) is 5.10 Å². The van der Waals surface area contributed by atoms with Crippen LogP contribution in [0, 0.1) is 11.3 Å². The normalized spacial score (nSPS) is 27.9. The van der Waals surface area contributed by atoms with E-state index in [1.807, 2.05) is 0 Å². The van der Waals surface area contributed by atoms with E-state index in [9.17, 15) is 5.11 Å². The monoisotopic (exact) mass is 290 g/mol. The van der Waals surface area contributed by atoms with Crippen molar-refractivity contribution >= 4 is 0 Å². The largest absolute Gasteiger partial charge is 0.392 e. The highest BCUT2D eigenvalue weighted by Crippen LogP contribution is 2.44. The molecule has 2 unspecified atom stereocenters. The van der Waals surface area contributed by atoms with Crippen LogP contribution >= 0.6 is 0 Å². The van der Waals surface area contributed by atoms with Crippen molar-refractivity contribution in [1.82, 2.24) is 9.78 Å². The van der Waals surface area contributed by atoms with Crippen LogP contribution in [0.2, 0.25) is 0 Å². The molecule has 0 saturated heterocycles. The lowest BCUT2D eigenvalue weighted by atomic mass is 9.77. The predicted molar refractivity (Wildman–Crippen MR) is 85.2 cm³/mol. The second-order valence-corrected chi connectivity index (χ2v) is 7.84. The highest BCUT2D eigenvalue weighted by molar-refractivity contribution is 5.04. The lowest BCUT2D eigenvalue weighted by Gasteiger charge is -2.30. The van der Waals surface area contributed by atoms with Crippen LogP contribution in [0.15, 0.2) is 12.3 Å². The van der Waals surface area contributed by atoms with Crippen LogP contribution in [0.4, 0.5) is 0 Å². The topological polar surface area (TPSA) is 38.0 Å². The molecule has 1 aromatic rings. The molecule has 2 aliphatic rings. The van der Waals surface area contributed by atoms with Gasteiger partial charge in [0, 0.05) is 12.6 Å². The summed E-state index contributed by atoms with van der Waals surface area (Å²) < 4.78 is 2.15. The molecule has 0 spiro atoms. The van der Waals surface area contributed by atoms with E-state index in [-0.39, 0.29) is 11.5 Å². The zero-order chi connectivity index (χ0) is 14.9. The van der Waals surface area contributed by atoms with Gasteiger partial charge in [-0.3, -0.25) is 4.68 Å². The molecule has 2 atom stereocenters. The maximum absolute atomic E-state index is 10.6. The molecule has 1 N–H and O–H groups in total. The minimum atomic E-state index is -0.239. The fourth-order valence-corrected chi connectivity index (χ4v) is 4.46. The van der Waals surface area contributed by atoms with Gasteiger partial charge in [0.15, 0.2) is 0 Å². The summed E-state index contributed by atoms with van der Waals surface area (Å²) in [6.45, 7) is 4.60. The standard InChI is InChI=1S/C18H30N2O/c1-18(2)11-6-9-16(18)17(21)13-14-10-12-20(19-14)15-7-4-3-5-8-15/h10,12,15-17,21H,3-9,11,13H2,1-2H3. The first-order valence-corrected chi connectivity index (χ1v) is 8.78. The van der Waals surface area contributed by atoms with Gasteiger partial charge in [0.25, 0.3) is 0 Å².